The molecule has 2 amide bonds. The van der Waals surface area contributed by atoms with E-state index in [0.29, 0.717) is 25.6 Å². The fourth-order valence-corrected chi connectivity index (χ4v) is 4.01. The highest BCUT2D eigenvalue weighted by atomic mass is 16.2. The highest BCUT2D eigenvalue weighted by Crippen LogP contribution is 2.24. The van der Waals surface area contributed by atoms with Gasteiger partial charge in [0, 0.05) is 50.8 Å². The molecular weight excluding hydrogens is 342 g/mol. The molecule has 0 saturated carbocycles. The van der Waals surface area contributed by atoms with Crippen molar-refractivity contribution in [2.75, 3.05) is 20.1 Å². The molecule has 0 spiro atoms. The van der Waals surface area contributed by atoms with Crippen LogP contribution in [0.3, 0.4) is 0 Å². The number of likely N-dealkylation sites (tertiary alicyclic amines) is 1. The molecule has 27 heavy (non-hydrogen) atoms. The van der Waals surface area contributed by atoms with Gasteiger partial charge in [-0.2, -0.15) is 5.10 Å². The van der Waals surface area contributed by atoms with Crippen molar-refractivity contribution in [1.82, 2.24) is 25.3 Å². The minimum absolute atomic E-state index is 0.0949. The predicted molar refractivity (Wildman–Crippen MR) is 104 cm³/mol. The van der Waals surface area contributed by atoms with E-state index in [-0.39, 0.29) is 23.8 Å². The van der Waals surface area contributed by atoms with Gasteiger partial charge in [-0.3, -0.25) is 19.2 Å². The van der Waals surface area contributed by atoms with Crippen LogP contribution < -0.4 is 10.6 Å². The quantitative estimate of drug-likeness (QED) is 0.667. The number of carbonyl (C=O) groups excluding carboxylic acids is 2. The maximum absolute atomic E-state index is 12.3. The first-order valence-electron chi connectivity index (χ1n) is 9.92. The van der Waals surface area contributed by atoms with Gasteiger partial charge in [0.2, 0.25) is 11.8 Å². The third-order valence-electron chi connectivity index (χ3n) is 5.79. The third-order valence-corrected chi connectivity index (χ3v) is 5.79. The van der Waals surface area contributed by atoms with Crippen molar-refractivity contribution in [3.63, 3.8) is 0 Å². The number of likely N-dealkylation sites (N-methyl/N-ethyl adjacent to an activating group) is 1. The van der Waals surface area contributed by atoms with E-state index in [4.69, 9.17) is 0 Å². The van der Waals surface area contributed by atoms with Gasteiger partial charge in [0.05, 0.1) is 6.20 Å². The van der Waals surface area contributed by atoms with Gasteiger partial charge in [-0.1, -0.05) is 12.2 Å². The van der Waals surface area contributed by atoms with E-state index in [1.165, 1.54) is 0 Å². The standard InChI is InChI=1S/C20H31N5O2/c1-24-14-15(12-23-24)9-10-21-19(26)11-17-7-8-18(25(17)2)13-22-20(27)16-5-3-4-6-16/h3-4,12,14,16-18H,5-11,13H2,1-2H3,(H,21,26)(H,22,27)/t17-,18+/m1/s1. The molecule has 1 aliphatic heterocycles. The van der Waals surface area contributed by atoms with Crippen LogP contribution in [0.25, 0.3) is 0 Å². The Labute approximate surface area is 161 Å². The van der Waals surface area contributed by atoms with Gasteiger partial charge in [0.25, 0.3) is 0 Å². The monoisotopic (exact) mass is 373 g/mol. The number of carbonyl (C=O) groups is 2. The largest absolute Gasteiger partial charge is 0.356 e. The summed E-state index contributed by atoms with van der Waals surface area (Å²) in [7, 11) is 3.95. The van der Waals surface area contributed by atoms with Crippen molar-refractivity contribution >= 4 is 11.8 Å². The van der Waals surface area contributed by atoms with Crippen LogP contribution in [0.15, 0.2) is 24.5 Å². The molecular formula is C20H31N5O2. The average molecular weight is 374 g/mol. The Morgan fingerprint density at radius 1 is 1.15 bits per heavy atom. The Bertz CT molecular complexity index is 676. The number of allylic oxidation sites excluding steroid dienone is 2. The number of amides is 2. The van der Waals surface area contributed by atoms with E-state index in [0.717, 1.165) is 37.7 Å². The maximum atomic E-state index is 12.3. The highest BCUT2D eigenvalue weighted by Gasteiger charge is 2.32. The lowest BCUT2D eigenvalue weighted by Gasteiger charge is -2.26. The molecule has 1 fully saturated rings. The molecule has 7 heteroatoms. The van der Waals surface area contributed by atoms with Gasteiger partial charge >= 0.3 is 0 Å². The first-order valence-corrected chi connectivity index (χ1v) is 9.92. The number of aromatic nitrogens is 2. The van der Waals surface area contributed by atoms with Crippen LogP contribution >= 0.6 is 0 Å². The van der Waals surface area contributed by atoms with E-state index in [9.17, 15) is 9.59 Å². The second kappa shape index (κ2) is 9.17. The van der Waals surface area contributed by atoms with Gasteiger partial charge in [-0.05, 0) is 44.7 Å². The Balaban J connectivity index is 1.34. The Morgan fingerprint density at radius 3 is 2.59 bits per heavy atom. The van der Waals surface area contributed by atoms with Crippen LogP contribution in [0.1, 0.15) is 37.7 Å². The van der Waals surface area contributed by atoms with Gasteiger partial charge < -0.3 is 10.6 Å². The van der Waals surface area contributed by atoms with Crippen molar-refractivity contribution in [2.24, 2.45) is 13.0 Å². The van der Waals surface area contributed by atoms with Gasteiger partial charge in [-0.15, -0.1) is 0 Å². The summed E-state index contributed by atoms with van der Waals surface area (Å²) in [5.74, 6) is 0.362. The molecule has 3 rings (SSSR count). The molecule has 0 radical (unpaired) electrons. The topological polar surface area (TPSA) is 79.3 Å². The van der Waals surface area contributed by atoms with Crippen LogP contribution in [0, 0.1) is 5.92 Å². The SMILES string of the molecule is CN1[C@@H](CC(=O)NCCc2cnn(C)c2)CC[C@H]1CNC(=O)C1CC=CC1. The molecule has 2 heterocycles. The number of nitrogens with zero attached hydrogens (tertiary/aromatic N) is 3. The minimum atomic E-state index is 0.0949. The fraction of sp³-hybridized carbons (Fsp3) is 0.650. The highest BCUT2D eigenvalue weighted by molar-refractivity contribution is 5.79. The lowest BCUT2D eigenvalue weighted by Crippen LogP contribution is -2.43. The lowest BCUT2D eigenvalue weighted by molar-refractivity contribution is -0.125. The van der Waals surface area contributed by atoms with Gasteiger partial charge in [0.15, 0.2) is 0 Å². The Morgan fingerprint density at radius 2 is 1.89 bits per heavy atom. The van der Waals surface area contributed by atoms with Crippen LogP contribution in [-0.2, 0) is 23.1 Å². The Hall–Kier alpha value is -2.15. The second-order valence-corrected chi connectivity index (χ2v) is 7.76. The molecule has 2 atom stereocenters. The number of aryl methyl sites for hydroxylation is 1. The lowest BCUT2D eigenvalue weighted by atomic mass is 10.1. The smallest absolute Gasteiger partial charge is 0.223 e. The summed E-state index contributed by atoms with van der Waals surface area (Å²) in [4.78, 5) is 26.7. The molecule has 0 bridgehead atoms. The molecule has 1 aliphatic carbocycles. The number of rotatable bonds is 8. The minimum Gasteiger partial charge on any atom is -0.356 e. The Kier molecular flexibility index (Phi) is 6.66. The molecule has 1 aromatic heterocycles. The maximum Gasteiger partial charge on any atom is 0.223 e. The zero-order valence-electron chi connectivity index (χ0n) is 16.4. The van der Waals surface area contributed by atoms with Crippen molar-refractivity contribution in [1.29, 1.82) is 0 Å². The summed E-state index contributed by atoms with van der Waals surface area (Å²) in [6.07, 6.45) is 13.0. The molecule has 1 aromatic rings. The summed E-state index contributed by atoms with van der Waals surface area (Å²) >= 11 is 0. The van der Waals surface area contributed by atoms with E-state index in [2.05, 4.69) is 39.8 Å². The van der Waals surface area contributed by atoms with Crippen molar-refractivity contribution in [3.05, 3.63) is 30.1 Å². The first kappa shape index (κ1) is 19.6. The molecule has 0 aromatic carbocycles. The zero-order chi connectivity index (χ0) is 19.2. The van der Waals surface area contributed by atoms with Crippen molar-refractivity contribution in [2.45, 2.75) is 50.6 Å². The van der Waals surface area contributed by atoms with Crippen LogP contribution in [0.5, 0.6) is 0 Å². The van der Waals surface area contributed by atoms with E-state index in [1.54, 1.807) is 4.68 Å². The van der Waals surface area contributed by atoms with Crippen molar-refractivity contribution < 1.29 is 9.59 Å². The van der Waals surface area contributed by atoms with Crippen molar-refractivity contribution in [3.8, 4) is 0 Å². The second-order valence-electron chi connectivity index (χ2n) is 7.76. The number of hydrogen-bond donors (Lipinski definition) is 2. The summed E-state index contributed by atoms with van der Waals surface area (Å²) < 4.78 is 1.77. The molecule has 7 nitrogen and oxygen atoms in total. The fourth-order valence-electron chi connectivity index (χ4n) is 4.01. The zero-order valence-corrected chi connectivity index (χ0v) is 16.4. The third kappa shape index (κ3) is 5.42. The molecule has 1 saturated heterocycles. The van der Waals surface area contributed by atoms with E-state index >= 15 is 0 Å². The summed E-state index contributed by atoms with van der Waals surface area (Å²) in [6, 6.07) is 0.565. The predicted octanol–water partition coefficient (Wildman–Crippen LogP) is 1.01. The van der Waals surface area contributed by atoms with Crippen LogP contribution in [-0.4, -0.2) is 58.7 Å². The molecule has 2 aliphatic rings. The average Bonchev–Trinajstić information content (AvgIpc) is 3.37. The summed E-state index contributed by atoms with van der Waals surface area (Å²) in [5, 5.41) is 10.2. The first-order chi connectivity index (χ1) is 13.0. The molecule has 148 valence electrons. The molecule has 0 unspecified atom stereocenters. The summed E-state index contributed by atoms with van der Waals surface area (Å²) in [6.45, 7) is 1.31. The number of hydrogen-bond acceptors (Lipinski definition) is 4. The van der Waals surface area contributed by atoms with Gasteiger partial charge in [0.1, 0.15) is 0 Å². The van der Waals surface area contributed by atoms with E-state index < -0.39 is 0 Å². The van der Waals surface area contributed by atoms with Gasteiger partial charge in [-0.25, -0.2) is 0 Å². The number of nitrogens with one attached hydrogen (secondary N) is 2. The normalized spacial score (nSPS) is 23.0. The van der Waals surface area contributed by atoms with E-state index in [1.807, 2.05) is 19.4 Å². The molecule has 2 N–H and O–H groups in total. The van der Waals surface area contributed by atoms with Crippen LogP contribution in [0.2, 0.25) is 0 Å². The summed E-state index contributed by atoms with van der Waals surface area (Å²) in [5.41, 5.74) is 1.13. The van der Waals surface area contributed by atoms with Crippen LogP contribution in [0.4, 0.5) is 0 Å².